The van der Waals surface area contributed by atoms with Gasteiger partial charge in [-0.2, -0.15) is 14.9 Å². The van der Waals surface area contributed by atoms with Crippen LogP contribution in [0.15, 0.2) is 41.5 Å². The standard InChI is InChI=1S/C17H12ClFN4O2S/c18-13-7-10(8-14-15(13)25-6-5-24-14)9-20-23-16(21-22-17(23)26)11-1-3-12(19)4-2-11/h1-4,7-9H,5-6H2,(H,22,26)/b20-9-. The molecule has 0 aliphatic carbocycles. The number of nitrogens with zero attached hydrogens (tertiary/aromatic N) is 3. The zero-order valence-electron chi connectivity index (χ0n) is 13.3. The monoisotopic (exact) mass is 390 g/mol. The minimum Gasteiger partial charge on any atom is -0.486 e. The van der Waals surface area contributed by atoms with Crippen LogP contribution in [0.25, 0.3) is 11.4 Å². The Kier molecular flexibility index (Phi) is 4.44. The molecule has 0 unspecified atom stereocenters. The van der Waals surface area contributed by atoms with Crippen LogP contribution in [0.3, 0.4) is 0 Å². The topological polar surface area (TPSA) is 64.4 Å². The van der Waals surface area contributed by atoms with E-state index in [-0.39, 0.29) is 5.82 Å². The number of rotatable bonds is 3. The van der Waals surface area contributed by atoms with Gasteiger partial charge in [0.1, 0.15) is 19.0 Å². The first-order valence-corrected chi connectivity index (χ1v) is 8.47. The van der Waals surface area contributed by atoms with Crippen LogP contribution >= 0.6 is 23.8 Å². The van der Waals surface area contributed by atoms with Crippen molar-refractivity contribution in [1.82, 2.24) is 14.9 Å². The number of aromatic amines is 1. The molecular formula is C17H12ClFN4O2S. The molecule has 0 saturated heterocycles. The zero-order valence-corrected chi connectivity index (χ0v) is 14.9. The Hall–Kier alpha value is -2.71. The summed E-state index contributed by atoms with van der Waals surface area (Å²) in [7, 11) is 0. The molecule has 1 aliphatic heterocycles. The lowest BCUT2D eigenvalue weighted by atomic mass is 10.2. The molecule has 1 aliphatic rings. The molecule has 0 radical (unpaired) electrons. The largest absolute Gasteiger partial charge is 0.486 e. The Bertz CT molecular complexity index is 1050. The van der Waals surface area contributed by atoms with Gasteiger partial charge in [-0.25, -0.2) is 9.49 Å². The van der Waals surface area contributed by atoms with Crippen molar-refractivity contribution >= 4 is 30.0 Å². The fourth-order valence-corrected chi connectivity index (χ4v) is 2.97. The summed E-state index contributed by atoms with van der Waals surface area (Å²) >= 11 is 11.5. The third-order valence-corrected chi connectivity index (χ3v) is 4.24. The van der Waals surface area contributed by atoms with E-state index in [1.807, 2.05) is 0 Å². The van der Waals surface area contributed by atoms with Crippen molar-refractivity contribution < 1.29 is 13.9 Å². The number of hydrogen-bond donors (Lipinski definition) is 1. The molecule has 0 saturated carbocycles. The fraction of sp³-hybridized carbons (Fsp3) is 0.118. The Morgan fingerprint density at radius 1 is 1.23 bits per heavy atom. The quantitative estimate of drug-likeness (QED) is 0.541. The number of ether oxygens (including phenoxy) is 2. The predicted molar refractivity (Wildman–Crippen MR) is 98.2 cm³/mol. The minimum absolute atomic E-state index is 0.309. The molecule has 2 heterocycles. The second-order valence-corrected chi connectivity index (χ2v) is 6.24. The average molecular weight is 391 g/mol. The molecule has 4 rings (SSSR count). The number of aromatic nitrogens is 3. The van der Waals surface area contributed by atoms with Gasteiger partial charge in [0.15, 0.2) is 17.3 Å². The van der Waals surface area contributed by atoms with Crippen molar-refractivity contribution in [3.05, 3.63) is 57.6 Å². The van der Waals surface area contributed by atoms with Crippen molar-refractivity contribution in [1.29, 1.82) is 0 Å². The molecule has 0 atom stereocenters. The molecule has 132 valence electrons. The number of fused-ring (bicyclic) bond motifs is 1. The van der Waals surface area contributed by atoms with Gasteiger partial charge in [0.2, 0.25) is 4.77 Å². The minimum atomic E-state index is -0.330. The lowest BCUT2D eigenvalue weighted by molar-refractivity contribution is 0.171. The Morgan fingerprint density at radius 2 is 2.00 bits per heavy atom. The van der Waals surface area contributed by atoms with Gasteiger partial charge in [0, 0.05) is 5.56 Å². The molecular weight excluding hydrogens is 379 g/mol. The van der Waals surface area contributed by atoms with Crippen LogP contribution in [-0.4, -0.2) is 34.3 Å². The SMILES string of the molecule is Fc1ccc(-c2n[nH]c(=S)n2/N=C\c2cc(Cl)c3c(c2)OCCO3)cc1. The van der Waals surface area contributed by atoms with Crippen LogP contribution in [0, 0.1) is 10.6 Å². The van der Waals surface area contributed by atoms with Gasteiger partial charge in [0.05, 0.1) is 11.2 Å². The third kappa shape index (κ3) is 3.21. The summed E-state index contributed by atoms with van der Waals surface area (Å²) in [6, 6.07) is 9.41. The van der Waals surface area contributed by atoms with Gasteiger partial charge in [-0.15, -0.1) is 0 Å². The number of nitrogens with one attached hydrogen (secondary N) is 1. The number of halogens is 2. The molecule has 6 nitrogen and oxygen atoms in total. The van der Waals surface area contributed by atoms with Gasteiger partial charge in [-0.1, -0.05) is 11.6 Å². The highest BCUT2D eigenvalue weighted by molar-refractivity contribution is 7.71. The summed E-state index contributed by atoms with van der Waals surface area (Å²) in [5.74, 6) is 1.24. The number of H-pyrrole nitrogens is 1. The van der Waals surface area contributed by atoms with E-state index in [0.29, 0.717) is 51.5 Å². The molecule has 0 amide bonds. The highest BCUT2D eigenvalue weighted by Gasteiger charge is 2.16. The molecule has 3 aromatic rings. The van der Waals surface area contributed by atoms with Crippen molar-refractivity contribution in [2.24, 2.45) is 5.10 Å². The predicted octanol–water partition coefficient (Wildman–Crippen LogP) is 4.05. The second-order valence-electron chi connectivity index (χ2n) is 5.44. The zero-order chi connectivity index (χ0) is 18.1. The average Bonchev–Trinajstić information content (AvgIpc) is 3.01. The van der Waals surface area contributed by atoms with Gasteiger partial charge < -0.3 is 9.47 Å². The highest BCUT2D eigenvalue weighted by Crippen LogP contribution is 2.37. The number of hydrogen-bond acceptors (Lipinski definition) is 5. The Balaban J connectivity index is 1.70. The maximum Gasteiger partial charge on any atom is 0.216 e. The molecule has 9 heteroatoms. The van der Waals surface area contributed by atoms with E-state index in [1.54, 1.807) is 30.5 Å². The lowest BCUT2D eigenvalue weighted by Crippen LogP contribution is -2.15. The summed E-state index contributed by atoms with van der Waals surface area (Å²) in [5.41, 5.74) is 1.39. The van der Waals surface area contributed by atoms with E-state index < -0.39 is 0 Å². The number of benzene rings is 2. The summed E-state index contributed by atoms with van der Waals surface area (Å²) in [5, 5.41) is 11.7. The van der Waals surface area contributed by atoms with Gasteiger partial charge in [0.25, 0.3) is 0 Å². The maximum atomic E-state index is 13.1. The van der Waals surface area contributed by atoms with Crippen LogP contribution < -0.4 is 9.47 Å². The Labute approximate surface area is 157 Å². The van der Waals surface area contributed by atoms with E-state index in [0.717, 1.165) is 0 Å². The lowest BCUT2D eigenvalue weighted by Gasteiger charge is -2.19. The van der Waals surface area contributed by atoms with Crippen LogP contribution in [-0.2, 0) is 0 Å². The van der Waals surface area contributed by atoms with Crippen LogP contribution in [0.5, 0.6) is 11.5 Å². The van der Waals surface area contributed by atoms with Crippen LogP contribution in [0.2, 0.25) is 5.02 Å². The molecule has 0 spiro atoms. The highest BCUT2D eigenvalue weighted by atomic mass is 35.5. The van der Waals surface area contributed by atoms with E-state index >= 15 is 0 Å². The molecule has 26 heavy (non-hydrogen) atoms. The van der Waals surface area contributed by atoms with Crippen LogP contribution in [0.4, 0.5) is 4.39 Å². The van der Waals surface area contributed by atoms with Crippen molar-refractivity contribution in [2.75, 3.05) is 13.2 Å². The van der Waals surface area contributed by atoms with E-state index in [4.69, 9.17) is 33.3 Å². The molecule has 1 aromatic heterocycles. The maximum absolute atomic E-state index is 13.1. The first-order chi connectivity index (χ1) is 12.6. The second kappa shape index (κ2) is 6.89. The normalized spacial score (nSPS) is 13.3. The molecule has 0 fully saturated rings. The molecule has 1 N–H and O–H groups in total. The van der Waals surface area contributed by atoms with Crippen molar-refractivity contribution in [3.63, 3.8) is 0 Å². The van der Waals surface area contributed by atoms with Gasteiger partial charge in [-0.3, -0.25) is 0 Å². The smallest absolute Gasteiger partial charge is 0.216 e. The first kappa shape index (κ1) is 16.7. The fourth-order valence-electron chi connectivity index (χ4n) is 2.51. The summed E-state index contributed by atoms with van der Waals surface area (Å²) in [4.78, 5) is 0. The molecule has 0 bridgehead atoms. The van der Waals surface area contributed by atoms with Gasteiger partial charge >= 0.3 is 0 Å². The summed E-state index contributed by atoms with van der Waals surface area (Å²) in [6.45, 7) is 0.927. The molecule has 2 aromatic carbocycles. The third-order valence-electron chi connectivity index (χ3n) is 3.69. The van der Waals surface area contributed by atoms with Crippen molar-refractivity contribution in [3.8, 4) is 22.9 Å². The first-order valence-electron chi connectivity index (χ1n) is 7.69. The van der Waals surface area contributed by atoms with Gasteiger partial charge in [-0.05, 0) is 54.2 Å². The van der Waals surface area contributed by atoms with E-state index in [9.17, 15) is 4.39 Å². The summed E-state index contributed by atoms with van der Waals surface area (Å²) < 4.78 is 25.9. The van der Waals surface area contributed by atoms with E-state index in [2.05, 4.69) is 15.3 Å². The summed E-state index contributed by atoms with van der Waals surface area (Å²) in [6.07, 6.45) is 1.59. The van der Waals surface area contributed by atoms with E-state index in [1.165, 1.54) is 16.8 Å². The Morgan fingerprint density at radius 3 is 2.81 bits per heavy atom. The van der Waals surface area contributed by atoms with Crippen molar-refractivity contribution in [2.45, 2.75) is 0 Å². The van der Waals surface area contributed by atoms with Crippen LogP contribution in [0.1, 0.15) is 5.56 Å².